The third kappa shape index (κ3) is 2.53. The highest BCUT2D eigenvalue weighted by atomic mass is 16.5. The first-order valence-electron chi connectivity index (χ1n) is 11.4. The summed E-state index contributed by atoms with van der Waals surface area (Å²) >= 11 is 0. The fourth-order valence-electron chi connectivity index (χ4n) is 6.79. The van der Waals surface area contributed by atoms with Crippen molar-refractivity contribution in [1.29, 1.82) is 0 Å². The molecule has 2 aliphatic carbocycles. The molecule has 2 saturated heterocycles. The number of ether oxygens (including phenoxy) is 1. The normalized spacial score (nSPS) is 33.9. The monoisotopic (exact) mass is 410 g/mol. The Balaban J connectivity index is 1.30. The summed E-state index contributed by atoms with van der Waals surface area (Å²) < 4.78 is 6.44. The van der Waals surface area contributed by atoms with E-state index < -0.39 is 5.41 Å². The molecule has 0 aromatic carbocycles. The van der Waals surface area contributed by atoms with Crippen LogP contribution in [0, 0.1) is 16.7 Å². The number of amides is 1. The number of carbonyl (C=O) groups excluding carboxylic acids is 2. The number of hydrogen-bond acceptors (Lipinski definition) is 6. The lowest BCUT2D eigenvalue weighted by Crippen LogP contribution is -2.64. The fraction of sp³-hybridized carbons (Fsp3) is 0.739. The summed E-state index contributed by atoms with van der Waals surface area (Å²) in [4.78, 5) is 28.2. The molecule has 6 rings (SSSR count). The van der Waals surface area contributed by atoms with Crippen molar-refractivity contribution < 1.29 is 14.3 Å². The minimum Gasteiger partial charge on any atom is -0.370 e. The number of nitrogens with one attached hydrogen (secondary N) is 1. The molecule has 1 N–H and O–H groups in total. The molecule has 3 fully saturated rings. The van der Waals surface area contributed by atoms with Crippen molar-refractivity contribution in [3.8, 4) is 0 Å². The number of fused-ring (bicyclic) bond motifs is 2. The van der Waals surface area contributed by atoms with Gasteiger partial charge in [-0.3, -0.25) is 9.59 Å². The number of dihydropyridines is 1. The molecule has 7 nitrogen and oxygen atoms in total. The molecule has 1 atom stereocenters. The standard InChI is InChI=1S/C23H30N4O3/c1-21(2)7-16-18(17(28)8-21)23(15-9-24-26-19(15)25-16)10-22(30-13-23)11-27(12-22)20(29)14-5-3-4-6-14/h14,25H,3-13H2,1-2H3/t23-/m0/s1. The number of likely N-dealkylation sites (tertiary alicyclic amines) is 1. The van der Waals surface area contributed by atoms with Crippen molar-refractivity contribution >= 4 is 11.7 Å². The number of azo groups is 1. The molecular weight excluding hydrogens is 380 g/mol. The summed E-state index contributed by atoms with van der Waals surface area (Å²) in [5.74, 6) is 1.55. The predicted octanol–water partition coefficient (Wildman–Crippen LogP) is 3.09. The van der Waals surface area contributed by atoms with E-state index in [0.717, 1.165) is 48.3 Å². The molecule has 0 unspecified atom stereocenters. The minimum absolute atomic E-state index is 0.0595. The highest BCUT2D eigenvalue weighted by molar-refractivity contribution is 6.00. The van der Waals surface area contributed by atoms with Crippen LogP contribution in [-0.4, -0.2) is 48.4 Å². The second-order valence-corrected chi connectivity index (χ2v) is 11.1. The van der Waals surface area contributed by atoms with Crippen LogP contribution >= 0.6 is 0 Å². The Morgan fingerprint density at radius 2 is 1.97 bits per heavy atom. The summed E-state index contributed by atoms with van der Waals surface area (Å²) in [6.07, 6.45) is 6.54. The summed E-state index contributed by atoms with van der Waals surface area (Å²) in [7, 11) is 0. The second-order valence-electron chi connectivity index (χ2n) is 11.1. The van der Waals surface area contributed by atoms with Crippen LogP contribution in [0.3, 0.4) is 0 Å². The van der Waals surface area contributed by atoms with E-state index in [2.05, 4.69) is 29.4 Å². The molecule has 4 heterocycles. The van der Waals surface area contributed by atoms with Crippen LogP contribution in [0.2, 0.25) is 0 Å². The molecule has 6 aliphatic rings. The largest absolute Gasteiger partial charge is 0.370 e. The van der Waals surface area contributed by atoms with Gasteiger partial charge >= 0.3 is 0 Å². The topological polar surface area (TPSA) is 83.4 Å². The van der Waals surface area contributed by atoms with Gasteiger partial charge in [-0.2, -0.15) is 5.11 Å². The van der Waals surface area contributed by atoms with Crippen LogP contribution in [0.25, 0.3) is 0 Å². The zero-order valence-corrected chi connectivity index (χ0v) is 17.9. The maximum absolute atomic E-state index is 13.4. The Morgan fingerprint density at radius 3 is 2.73 bits per heavy atom. The number of hydrogen-bond donors (Lipinski definition) is 1. The molecule has 30 heavy (non-hydrogen) atoms. The van der Waals surface area contributed by atoms with Gasteiger partial charge in [0.15, 0.2) is 11.6 Å². The molecule has 0 radical (unpaired) electrons. The van der Waals surface area contributed by atoms with E-state index in [4.69, 9.17) is 4.74 Å². The smallest absolute Gasteiger partial charge is 0.225 e. The van der Waals surface area contributed by atoms with Gasteiger partial charge in [0.1, 0.15) is 5.60 Å². The minimum atomic E-state index is -0.435. The Bertz CT molecular complexity index is 934. The third-order valence-electron chi connectivity index (χ3n) is 8.11. The van der Waals surface area contributed by atoms with E-state index in [1.807, 2.05) is 4.90 Å². The molecule has 0 aromatic heterocycles. The molecule has 0 aromatic rings. The van der Waals surface area contributed by atoms with E-state index in [0.29, 0.717) is 38.6 Å². The number of rotatable bonds is 1. The van der Waals surface area contributed by atoms with Gasteiger partial charge in [0, 0.05) is 29.2 Å². The Kier molecular flexibility index (Phi) is 3.76. The summed E-state index contributed by atoms with van der Waals surface area (Å²) in [6.45, 7) is 6.62. The van der Waals surface area contributed by atoms with Gasteiger partial charge in [-0.1, -0.05) is 26.7 Å². The SMILES string of the molecule is CC1(C)CC(=O)C2=C(C1)NC1=C(CN=N1)[C@]21COC2(CN(C(=O)C3CCCC3)C2)C1. The average molecular weight is 411 g/mol. The van der Waals surface area contributed by atoms with Crippen LogP contribution < -0.4 is 5.32 Å². The first-order chi connectivity index (χ1) is 14.3. The van der Waals surface area contributed by atoms with E-state index in [9.17, 15) is 9.59 Å². The Morgan fingerprint density at radius 1 is 1.20 bits per heavy atom. The van der Waals surface area contributed by atoms with Crippen molar-refractivity contribution in [1.82, 2.24) is 10.2 Å². The molecule has 4 aliphatic heterocycles. The average Bonchev–Trinajstić information content (AvgIpc) is 3.38. The lowest BCUT2D eigenvalue weighted by molar-refractivity contribution is -0.161. The molecule has 1 amide bonds. The molecular formula is C23H30N4O3. The molecule has 160 valence electrons. The van der Waals surface area contributed by atoms with Crippen LogP contribution in [0.5, 0.6) is 0 Å². The highest BCUT2D eigenvalue weighted by Gasteiger charge is 2.63. The van der Waals surface area contributed by atoms with Crippen molar-refractivity contribution in [2.75, 3.05) is 26.2 Å². The van der Waals surface area contributed by atoms with E-state index in [1.54, 1.807) is 0 Å². The van der Waals surface area contributed by atoms with Crippen molar-refractivity contribution in [3.05, 3.63) is 22.7 Å². The van der Waals surface area contributed by atoms with Crippen LogP contribution in [0.1, 0.15) is 58.8 Å². The molecule has 1 saturated carbocycles. The Hall–Kier alpha value is -2.02. The number of ketones is 1. The van der Waals surface area contributed by atoms with Gasteiger partial charge in [-0.25, -0.2) is 0 Å². The Labute approximate surface area is 177 Å². The quantitative estimate of drug-likeness (QED) is 0.720. The number of nitrogens with zero attached hydrogens (tertiary/aromatic N) is 3. The third-order valence-corrected chi connectivity index (χ3v) is 8.11. The second kappa shape index (κ2) is 6.02. The van der Waals surface area contributed by atoms with E-state index >= 15 is 0 Å². The van der Waals surface area contributed by atoms with E-state index in [-0.39, 0.29) is 22.7 Å². The number of allylic oxidation sites excluding steroid dienone is 1. The maximum atomic E-state index is 13.4. The van der Waals surface area contributed by atoms with Gasteiger partial charge < -0.3 is 15.0 Å². The molecule has 0 bridgehead atoms. The summed E-state index contributed by atoms with van der Waals surface area (Å²) in [6, 6.07) is 0. The summed E-state index contributed by atoms with van der Waals surface area (Å²) in [5, 5.41) is 12.1. The van der Waals surface area contributed by atoms with Crippen LogP contribution in [0.4, 0.5) is 0 Å². The number of Topliss-reactive ketones (excluding diaryl/α,β-unsaturated/α-hetero) is 1. The van der Waals surface area contributed by atoms with Gasteiger partial charge in [0.2, 0.25) is 5.91 Å². The zero-order valence-electron chi connectivity index (χ0n) is 17.9. The lowest BCUT2D eigenvalue weighted by atomic mass is 9.61. The van der Waals surface area contributed by atoms with Gasteiger partial charge in [0.05, 0.1) is 31.7 Å². The lowest BCUT2D eigenvalue weighted by Gasteiger charge is -2.49. The summed E-state index contributed by atoms with van der Waals surface area (Å²) in [5.41, 5.74) is 2.19. The van der Waals surface area contributed by atoms with E-state index in [1.165, 1.54) is 12.8 Å². The van der Waals surface area contributed by atoms with Gasteiger partial charge in [-0.05, 0) is 31.1 Å². The first kappa shape index (κ1) is 18.7. The highest BCUT2D eigenvalue weighted by Crippen LogP contribution is 2.58. The molecule has 7 heteroatoms. The maximum Gasteiger partial charge on any atom is 0.225 e. The van der Waals surface area contributed by atoms with Crippen molar-refractivity contribution in [2.45, 2.75) is 64.4 Å². The van der Waals surface area contributed by atoms with Crippen LogP contribution in [0.15, 0.2) is 32.9 Å². The number of carbonyl (C=O) groups is 2. The van der Waals surface area contributed by atoms with Gasteiger partial charge in [-0.15, -0.1) is 5.11 Å². The first-order valence-corrected chi connectivity index (χ1v) is 11.4. The predicted molar refractivity (Wildman–Crippen MR) is 109 cm³/mol. The van der Waals surface area contributed by atoms with Gasteiger partial charge in [0.25, 0.3) is 0 Å². The zero-order chi connectivity index (χ0) is 20.7. The van der Waals surface area contributed by atoms with Crippen molar-refractivity contribution in [2.24, 2.45) is 27.0 Å². The van der Waals surface area contributed by atoms with Crippen molar-refractivity contribution in [3.63, 3.8) is 0 Å². The molecule has 2 spiro atoms. The van der Waals surface area contributed by atoms with Crippen LogP contribution in [-0.2, 0) is 14.3 Å². The fourth-order valence-corrected chi connectivity index (χ4v) is 6.79.